The van der Waals surface area contributed by atoms with E-state index in [9.17, 15) is 4.79 Å². The topological polar surface area (TPSA) is 112 Å². The van der Waals surface area contributed by atoms with Crippen molar-refractivity contribution in [2.75, 3.05) is 40.4 Å². The fourth-order valence-electron chi connectivity index (χ4n) is 2.61. The first-order valence-corrected chi connectivity index (χ1v) is 8.80. The predicted octanol–water partition coefficient (Wildman–Crippen LogP) is 2.15. The summed E-state index contributed by atoms with van der Waals surface area (Å²) in [6.07, 6.45) is 3.66. The molecule has 0 aliphatic rings. The highest BCUT2D eigenvalue weighted by atomic mass is 16.5. The molecule has 2 aromatic carbocycles. The molecule has 1 amide bonds. The molecule has 0 aromatic heterocycles. The zero-order valence-electron chi connectivity index (χ0n) is 16.9. The molecule has 1 atom stereocenters. The largest absolute Gasteiger partial charge is 0.497 e. The van der Waals surface area contributed by atoms with Crippen LogP contribution in [0.4, 0.5) is 5.69 Å². The lowest BCUT2D eigenvalue weighted by atomic mass is 10.1. The van der Waals surface area contributed by atoms with Crippen LogP contribution in [0, 0.1) is 0 Å². The van der Waals surface area contributed by atoms with Crippen LogP contribution in [0.2, 0.25) is 0 Å². The van der Waals surface area contributed by atoms with Gasteiger partial charge in [0.2, 0.25) is 11.7 Å². The summed E-state index contributed by atoms with van der Waals surface area (Å²) in [4.78, 5) is 12.1. The van der Waals surface area contributed by atoms with Crippen LogP contribution in [0.15, 0.2) is 30.3 Å². The molecule has 4 N–H and O–H groups in total. The normalized spacial score (nSPS) is 11.8. The molecule has 8 nitrogen and oxygen atoms in total. The number of benzene rings is 2. The zero-order chi connectivity index (χ0) is 21.4. The molecule has 8 heteroatoms. The minimum Gasteiger partial charge on any atom is -0.497 e. The molecule has 1 unspecified atom stereocenters. The van der Waals surface area contributed by atoms with Crippen molar-refractivity contribution in [2.45, 2.75) is 6.04 Å². The lowest BCUT2D eigenvalue weighted by Gasteiger charge is -2.14. The third-order valence-corrected chi connectivity index (χ3v) is 4.19. The zero-order valence-corrected chi connectivity index (χ0v) is 16.9. The second-order valence-electron chi connectivity index (χ2n) is 6.02. The number of nitrogens with one attached hydrogen (secondary N) is 1. The second-order valence-corrected chi connectivity index (χ2v) is 6.02. The minimum atomic E-state index is -1.02. The number of methoxy groups -OCH3 is 4. The van der Waals surface area contributed by atoms with Crippen molar-refractivity contribution in [3.05, 3.63) is 41.5 Å². The third kappa shape index (κ3) is 5.40. The lowest BCUT2D eigenvalue weighted by molar-refractivity contribution is -0.118. The number of hydrogen-bond acceptors (Lipinski definition) is 7. The Hall–Kier alpha value is -3.23. The minimum absolute atomic E-state index is 0.452. The molecule has 0 saturated carbocycles. The molecule has 0 aliphatic heterocycles. The first-order valence-electron chi connectivity index (χ1n) is 8.80. The summed E-state index contributed by atoms with van der Waals surface area (Å²) in [6.45, 7) is -0.452. The van der Waals surface area contributed by atoms with E-state index in [2.05, 4.69) is 5.32 Å². The number of amides is 1. The smallest absolute Gasteiger partial charge is 0.243 e. The van der Waals surface area contributed by atoms with Crippen LogP contribution < -0.4 is 30.0 Å². The van der Waals surface area contributed by atoms with Crippen molar-refractivity contribution in [1.82, 2.24) is 0 Å². The lowest BCUT2D eigenvalue weighted by Crippen LogP contribution is -2.38. The van der Waals surface area contributed by atoms with Crippen molar-refractivity contribution in [3.8, 4) is 23.0 Å². The summed E-state index contributed by atoms with van der Waals surface area (Å²) in [6, 6.07) is 7.84. The fraction of sp³-hybridized carbons (Fsp3) is 0.286. The first kappa shape index (κ1) is 22.1. The van der Waals surface area contributed by atoms with Crippen molar-refractivity contribution < 1.29 is 28.8 Å². The van der Waals surface area contributed by atoms with Gasteiger partial charge in [-0.3, -0.25) is 4.79 Å². The van der Waals surface area contributed by atoms with E-state index in [0.717, 1.165) is 11.1 Å². The summed E-state index contributed by atoms with van der Waals surface area (Å²) in [7, 11) is 6.17. The van der Waals surface area contributed by atoms with E-state index in [1.54, 1.807) is 51.7 Å². The highest BCUT2D eigenvalue weighted by molar-refractivity contribution is 5.97. The average molecular weight is 402 g/mol. The molecule has 0 fully saturated rings. The Bertz CT molecular complexity index is 856. The average Bonchev–Trinajstić information content (AvgIpc) is 2.76. The van der Waals surface area contributed by atoms with Crippen LogP contribution in [0.25, 0.3) is 12.2 Å². The maximum absolute atomic E-state index is 12.1. The first-order chi connectivity index (χ1) is 14.0. The van der Waals surface area contributed by atoms with Crippen LogP contribution in [0.1, 0.15) is 11.1 Å². The summed E-state index contributed by atoms with van der Waals surface area (Å²) in [5.41, 5.74) is 7.62. The van der Waals surface area contributed by atoms with Crippen LogP contribution in [-0.4, -0.2) is 52.1 Å². The van der Waals surface area contributed by atoms with E-state index in [4.69, 9.17) is 29.8 Å². The Labute approximate surface area is 169 Å². The van der Waals surface area contributed by atoms with Crippen molar-refractivity contribution in [3.63, 3.8) is 0 Å². The Kier molecular flexibility index (Phi) is 7.88. The van der Waals surface area contributed by atoms with Gasteiger partial charge in [0.25, 0.3) is 0 Å². The number of carbonyl (C=O) groups is 1. The molecule has 2 rings (SSSR count). The van der Waals surface area contributed by atoms with Gasteiger partial charge in [-0.25, -0.2) is 0 Å². The summed E-state index contributed by atoms with van der Waals surface area (Å²) in [5.74, 6) is 1.64. The van der Waals surface area contributed by atoms with Crippen molar-refractivity contribution >= 4 is 23.7 Å². The standard InChI is InChI=1S/C21H26N2O6/c1-26-15-8-7-14(17(11-15)23-21(25)16(22)12-24)6-5-13-9-18(27-2)20(29-4)19(10-13)28-3/h5-11,16,24H,12,22H2,1-4H3,(H,23,25)/b6-5-. The number of anilines is 1. The van der Waals surface area contributed by atoms with Gasteiger partial charge >= 0.3 is 0 Å². The number of aliphatic hydroxyl groups is 1. The number of ether oxygens (including phenoxy) is 4. The van der Waals surface area contributed by atoms with Crippen LogP contribution in [0.3, 0.4) is 0 Å². The number of carbonyl (C=O) groups excluding carboxylic acids is 1. The monoisotopic (exact) mass is 402 g/mol. The second kappa shape index (κ2) is 10.4. The number of hydrogen-bond donors (Lipinski definition) is 3. The Balaban J connectivity index is 2.40. The molecule has 0 bridgehead atoms. The molecule has 29 heavy (non-hydrogen) atoms. The van der Waals surface area contributed by atoms with Gasteiger partial charge in [0.15, 0.2) is 11.5 Å². The van der Waals surface area contributed by atoms with Crippen LogP contribution in [-0.2, 0) is 4.79 Å². The Morgan fingerprint density at radius 2 is 1.69 bits per heavy atom. The van der Waals surface area contributed by atoms with Gasteiger partial charge in [0.05, 0.1) is 40.7 Å². The SMILES string of the molecule is COc1ccc(/C=C\c2cc(OC)c(OC)c(OC)c2)c(NC(=O)C(N)CO)c1. The highest BCUT2D eigenvalue weighted by Gasteiger charge is 2.15. The fourth-order valence-corrected chi connectivity index (χ4v) is 2.61. The van der Waals surface area contributed by atoms with Gasteiger partial charge in [-0.05, 0) is 35.4 Å². The maximum atomic E-state index is 12.1. The van der Waals surface area contributed by atoms with Crippen LogP contribution >= 0.6 is 0 Å². The predicted molar refractivity (Wildman–Crippen MR) is 112 cm³/mol. The highest BCUT2D eigenvalue weighted by Crippen LogP contribution is 2.38. The van der Waals surface area contributed by atoms with Gasteiger partial charge in [-0.15, -0.1) is 0 Å². The third-order valence-electron chi connectivity index (χ3n) is 4.19. The Morgan fingerprint density at radius 3 is 2.21 bits per heavy atom. The summed E-state index contributed by atoms with van der Waals surface area (Å²) >= 11 is 0. The number of rotatable bonds is 9. The molecule has 0 heterocycles. The van der Waals surface area contributed by atoms with Gasteiger partial charge < -0.3 is 35.1 Å². The van der Waals surface area contributed by atoms with Gasteiger partial charge in [-0.2, -0.15) is 0 Å². The van der Waals surface area contributed by atoms with E-state index in [1.807, 2.05) is 12.2 Å². The summed E-state index contributed by atoms with van der Waals surface area (Å²) in [5, 5.41) is 11.8. The molecule has 2 aromatic rings. The van der Waals surface area contributed by atoms with E-state index >= 15 is 0 Å². The van der Waals surface area contributed by atoms with Gasteiger partial charge in [0, 0.05) is 6.07 Å². The quantitative estimate of drug-likeness (QED) is 0.551. The van der Waals surface area contributed by atoms with Gasteiger partial charge in [-0.1, -0.05) is 12.2 Å². The molecule has 0 saturated heterocycles. The molecular weight excluding hydrogens is 376 g/mol. The van der Waals surface area contributed by atoms with E-state index in [-0.39, 0.29) is 0 Å². The van der Waals surface area contributed by atoms with Crippen LogP contribution in [0.5, 0.6) is 23.0 Å². The number of nitrogens with two attached hydrogens (primary N) is 1. The maximum Gasteiger partial charge on any atom is 0.243 e. The summed E-state index contributed by atoms with van der Waals surface area (Å²) < 4.78 is 21.3. The van der Waals surface area contributed by atoms with E-state index in [1.165, 1.54) is 7.11 Å². The molecule has 0 radical (unpaired) electrons. The molecular formula is C21H26N2O6. The van der Waals surface area contributed by atoms with Gasteiger partial charge in [0.1, 0.15) is 11.8 Å². The van der Waals surface area contributed by atoms with E-state index < -0.39 is 18.6 Å². The molecule has 156 valence electrons. The van der Waals surface area contributed by atoms with E-state index in [0.29, 0.717) is 28.7 Å². The number of aliphatic hydroxyl groups excluding tert-OH is 1. The molecule has 0 aliphatic carbocycles. The van der Waals surface area contributed by atoms with Crippen molar-refractivity contribution in [1.29, 1.82) is 0 Å². The Morgan fingerprint density at radius 1 is 1.03 bits per heavy atom. The van der Waals surface area contributed by atoms with Crippen molar-refractivity contribution in [2.24, 2.45) is 5.73 Å². The molecule has 0 spiro atoms.